The van der Waals surface area contributed by atoms with Gasteiger partial charge < -0.3 is 0 Å². The van der Waals surface area contributed by atoms with Crippen LogP contribution in [-0.4, -0.2) is 25.8 Å². The largest absolute Gasteiger partial charge is 0.246 e. The molecule has 0 saturated carbocycles. The minimum absolute atomic E-state index is 0.218. The molecule has 1 fully saturated rings. The second kappa shape index (κ2) is 5.17. The highest BCUT2D eigenvalue weighted by Crippen LogP contribution is 2.28. The predicted octanol–water partition coefficient (Wildman–Crippen LogP) is 2.63. The summed E-state index contributed by atoms with van der Waals surface area (Å²) in [5, 5.41) is 0. The summed E-state index contributed by atoms with van der Waals surface area (Å²) in [5.41, 5.74) is 0. The lowest BCUT2D eigenvalue weighted by Gasteiger charge is -2.34. The molecular formula is C13H17F2NO2S. The highest BCUT2D eigenvalue weighted by Gasteiger charge is 2.33. The van der Waals surface area contributed by atoms with Crippen LogP contribution in [0.4, 0.5) is 8.78 Å². The molecule has 1 aliphatic rings. The summed E-state index contributed by atoms with van der Waals surface area (Å²) < 4.78 is 52.8. The number of benzene rings is 1. The summed E-state index contributed by atoms with van der Waals surface area (Å²) in [6.07, 6.45) is 0.942. The molecule has 1 saturated heterocycles. The molecule has 3 nitrogen and oxygen atoms in total. The highest BCUT2D eigenvalue weighted by atomic mass is 32.2. The fourth-order valence-corrected chi connectivity index (χ4v) is 4.37. The second-order valence-corrected chi connectivity index (χ2v) is 7.25. The van der Waals surface area contributed by atoms with Crippen molar-refractivity contribution in [1.82, 2.24) is 4.31 Å². The maximum atomic E-state index is 13.6. The Balaban J connectivity index is 2.39. The standard InChI is InChI=1S/C13H17F2NO2S/c1-9-5-10(2)8-16(7-9)19(17,18)13-6-11(14)3-4-12(13)15/h3-4,6,9-10H,5,7-8H2,1-2H3/t9-,10+. The normalized spacial score (nSPS) is 25.5. The molecule has 0 N–H and O–H groups in total. The maximum absolute atomic E-state index is 13.6. The van der Waals surface area contributed by atoms with Gasteiger partial charge in [-0.25, -0.2) is 17.2 Å². The van der Waals surface area contributed by atoms with Crippen molar-refractivity contribution in [2.45, 2.75) is 25.2 Å². The molecule has 1 heterocycles. The molecule has 1 aromatic carbocycles. The van der Waals surface area contributed by atoms with Gasteiger partial charge in [0.05, 0.1) is 0 Å². The van der Waals surface area contributed by atoms with Gasteiger partial charge in [0.25, 0.3) is 0 Å². The fraction of sp³-hybridized carbons (Fsp3) is 0.538. The van der Waals surface area contributed by atoms with Crippen LogP contribution in [0.5, 0.6) is 0 Å². The minimum atomic E-state index is -3.96. The van der Waals surface area contributed by atoms with Gasteiger partial charge in [-0.05, 0) is 36.5 Å². The smallest absolute Gasteiger partial charge is 0.207 e. The third-order valence-corrected chi connectivity index (χ3v) is 5.19. The van der Waals surface area contributed by atoms with Crippen LogP contribution in [0.1, 0.15) is 20.3 Å². The first kappa shape index (κ1) is 14.4. The zero-order valence-electron chi connectivity index (χ0n) is 10.9. The number of halogens is 2. The van der Waals surface area contributed by atoms with E-state index in [9.17, 15) is 17.2 Å². The van der Waals surface area contributed by atoms with E-state index in [0.717, 1.165) is 24.6 Å². The van der Waals surface area contributed by atoms with E-state index in [1.165, 1.54) is 4.31 Å². The highest BCUT2D eigenvalue weighted by molar-refractivity contribution is 7.89. The maximum Gasteiger partial charge on any atom is 0.246 e. The van der Waals surface area contributed by atoms with E-state index >= 15 is 0 Å². The van der Waals surface area contributed by atoms with E-state index in [1.807, 2.05) is 13.8 Å². The van der Waals surface area contributed by atoms with Gasteiger partial charge in [-0.1, -0.05) is 13.8 Å². The lowest BCUT2D eigenvalue weighted by Crippen LogP contribution is -2.42. The third-order valence-electron chi connectivity index (χ3n) is 3.35. The van der Waals surface area contributed by atoms with Crippen molar-refractivity contribution in [2.24, 2.45) is 11.8 Å². The molecule has 6 heteroatoms. The van der Waals surface area contributed by atoms with E-state index < -0.39 is 26.6 Å². The summed E-state index contributed by atoms with van der Waals surface area (Å²) in [6, 6.07) is 2.50. The Labute approximate surface area is 112 Å². The summed E-state index contributed by atoms with van der Waals surface area (Å²) in [5.74, 6) is -1.23. The van der Waals surface area contributed by atoms with Gasteiger partial charge >= 0.3 is 0 Å². The van der Waals surface area contributed by atoms with E-state index in [2.05, 4.69) is 0 Å². The quantitative estimate of drug-likeness (QED) is 0.839. The molecule has 0 bridgehead atoms. The first-order valence-electron chi connectivity index (χ1n) is 6.26. The monoisotopic (exact) mass is 289 g/mol. The summed E-state index contributed by atoms with van der Waals surface area (Å²) in [6.45, 7) is 4.62. The Morgan fingerprint density at radius 1 is 1.16 bits per heavy atom. The molecule has 2 rings (SSSR count). The Morgan fingerprint density at radius 2 is 1.74 bits per heavy atom. The molecule has 106 valence electrons. The van der Waals surface area contributed by atoms with Crippen molar-refractivity contribution < 1.29 is 17.2 Å². The number of rotatable bonds is 2. The van der Waals surface area contributed by atoms with Crippen molar-refractivity contribution in [1.29, 1.82) is 0 Å². The van der Waals surface area contributed by atoms with E-state index in [-0.39, 0.29) is 11.8 Å². The summed E-state index contributed by atoms with van der Waals surface area (Å²) in [4.78, 5) is -0.575. The van der Waals surface area contributed by atoms with Crippen LogP contribution in [-0.2, 0) is 10.0 Å². The summed E-state index contributed by atoms with van der Waals surface area (Å²) >= 11 is 0. The van der Waals surface area contributed by atoms with Crippen LogP contribution in [0.2, 0.25) is 0 Å². The fourth-order valence-electron chi connectivity index (χ4n) is 2.62. The lowest BCUT2D eigenvalue weighted by atomic mass is 9.94. The topological polar surface area (TPSA) is 37.4 Å². The van der Waals surface area contributed by atoms with Crippen molar-refractivity contribution in [3.05, 3.63) is 29.8 Å². The Morgan fingerprint density at radius 3 is 2.32 bits per heavy atom. The SMILES string of the molecule is C[C@@H]1C[C@H](C)CN(S(=O)(=O)c2cc(F)ccc2F)C1. The minimum Gasteiger partial charge on any atom is -0.207 e. The molecule has 19 heavy (non-hydrogen) atoms. The van der Waals surface area contributed by atoms with Gasteiger partial charge in [0.2, 0.25) is 10.0 Å². The number of hydrogen-bond donors (Lipinski definition) is 0. The van der Waals surface area contributed by atoms with Gasteiger partial charge in [0.1, 0.15) is 16.5 Å². The zero-order chi connectivity index (χ0) is 14.2. The van der Waals surface area contributed by atoms with Crippen molar-refractivity contribution in [3.8, 4) is 0 Å². The molecule has 2 atom stereocenters. The van der Waals surface area contributed by atoms with Gasteiger partial charge in [-0.15, -0.1) is 0 Å². The molecule has 0 aliphatic carbocycles. The average molecular weight is 289 g/mol. The van der Waals surface area contributed by atoms with Crippen LogP contribution in [0, 0.1) is 23.5 Å². The third kappa shape index (κ3) is 2.95. The molecule has 0 amide bonds. The van der Waals surface area contributed by atoms with Crippen LogP contribution in [0.3, 0.4) is 0 Å². The molecular weight excluding hydrogens is 272 g/mol. The van der Waals surface area contributed by atoms with Crippen LogP contribution < -0.4 is 0 Å². The van der Waals surface area contributed by atoms with Gasteiger partial charge in [0, 0.05) is 13.1 Å². The predicted molar refractivity (Wildman–Crippen MR) is 68.1 cm³/mol. The van der Waals surface area contributed by atoms with Crippen molar-refractivity contribution in [2.75, 3.05) is 13.1 Å². The molecule has 0 radical (unpaired) electrons. The van der Waals surface area contributed by atoms with Crippen molar-refractivity contribution >= 4 is 10.0 Å². The Bertz CT molecular complexity index is 564. The van der Waals surface area contributed by atoms with Gasteiger partial charge in [0.15, 0.2) is 0 Å². The van der Waals surface area contributed by atoms with E-state index in [1.54, 1.807) is 0 Å². The first-order valence-corrected chi connectivity index (χ1v) is 7.70. The molecule has 1 aromatic rings. The molecule has 0 aromatic heterocycles. The van der Waals surface area contributed by atoms with Gasteiger partial charge in [-0.3, -0.25) is 0 Å². The molecule has 1 aliphatic heterocycles. The Hall–Kier alpha value is -1.01. The number of sulfonamides is 1. The van der Waals surface area contributed by atoms with Crippen LogP contribution in [0.25, 0.3) is 0 Å². The van der Waals surface area contributed by atoms with Gasteiger partial charge in [-0.2, -0.15) is 4.31 Å². The number of piperidine rings is 1. The van der Waals surface area contributed by atoms with E-state index in [4.69, 9.17) is 0 Å². The van der Waals surface area contributed by atoms with Crippen molar-refractivity contribution in [3.63, 3.8) is 0 Å². The first-order chi connectivity index (χ1) is 8.80. The molecule has 0 spiro atoms. The lowest BCUT2D eigenvalue weighted by molar-refractivity contribution is 0.222. The van der Waals surface area contributed by atoms with Crippen LogP contribution in [0.15, 0.2) is 23.1 Å². The number of hydrogen-bond acceptors (Lipinski definition) is 2. The number of nitrogens with zero attached hydrogens (tertiary/aromatic N) is 1. The zero-order valence-corrected chi connectivity index (χ0v) is 11.8. The van der Waals surface area contributed by atoms with E-state index in [0.29, 0.717) is 13.1 Å². The summed E-state index contributed by atoms with van der Waals surface area (Å²) in [7, 11) is -3.96. The second-order valence-electron chi connectivity index (χ2n) is 5.34. The molecule has 0 unspecified atom stereocenters. The average Bonchev–Trinajstić information content (AvgIpc) is 2.31. The Kier molecular flexibility index (Phi) is 3.92. The van der Waals surface area contributed by atoms with Crippen LogP contribution >= 0.6 is 0 Å².